The van der Waals surface area contributed by atoms with Gasteiger partial charge in [0.2, 0.25) is 0 Å². The van der Waals surface area contributed by atoms with Crippen LogP contribution in [0.25, 0.3) is 0 Å². The van der Waals surface area contributed by atoms with Gasteiger partial charge in [-0.15, -0.1) is 23.1 Å². The van der Waals surface area contributed by atoms with E-state index >= 15 is 0 Å². The smallest absolute Gasteiger partial charge is 0.0961 e. The monoisotopic (exact) mass is 321 g/mol. The molecule has 1 unspecified atom stereocenters. The first-order chi connectivity index (χ1) is 9.83. The third kappa shape index (κ3) is 3.23. The maximum atomic E-state index is 5.85. The van der Waals surface area contributed by atoms with Gasteiger partial charge in [0.1, 0.15) is 0 Å². The number of pyridine rings is 1. The molecule has 6 heteroatoms. The molecule has 3 rings (SSSR count). The maximum Gasteiger partial charge on any atom is 0.0961 e. The highest BCUT2D eigenvalue weighted by Gasteiger charge is 2.15. The first kappa shape index (κ1) is 13.7. The van der Waals surface area contributed by atoms with Crippen LogP contribution in [0, 0.1) is 0 Å². The van der Waals surface area contributed by atoms with Crippen molar-refractivity contribution in [3.8, 4) is 0 Å². The van der Waals surface area contributed by atoms with Gasteiger partial charge in [-0.2, -0.15) is 0 Å². The molecule has 0 spiro atoms. The molecule has 0 N–H and O–H groups in total. The molecule has 3 nitrogen and oxygen atoms in total. The van der Waals surface area contributed by atoms with Gasteiger partial charge < -0.3 is 4.57 Å². The second kappa shape index (κ2) is 6.43. The van der Waals surface area contributed by atoms with Crippen molar-refractivity contribution in [2.24, 2.45) is 0 Å². The van der Waals surface area contributed by atoms with Gasteiger partial charge in [-0.1, -0.05) is 17.7 Å². The number of halogens is 1. The van der Waals surface area contributed by atoms with Crippen LogP contribution in [0.1, 0.15) is 10.9 Å². The van der Waals surface area contributed by atoms with Gasteiger partial charge in [-0.05, 0) is 23.6 Å². The zero-order chi connectivity index (χ0) is 13.8. The predicted octanol–water partition coefficient (Wildman–Crippen LogP) is 4.37. The van der Waals surface area contributed by atoms with Gasteiger partial charge in [0.25, 0.3) is 0 Å². The van der Waals surface area contributed by atoms with Crippen LogP contribution < -0.4 is 0 Å². The third-order valence-corrected chi connectivity index (χ3v) is 5.06. The Morgan fingerprint density at radius 2 is 2.30 bits per heavy atom. The molecular weight excluding hydrogens is 310 g/mol. The van der Waals surface area contributed by atoms with Crippen LogP contribution in [0.3, 0.4) is 0 Å². The van der Waals surface area contributed by atoms with E-state index in [0.29, 0.717) is 5.02 Å². The molecule has 0 saturated carbocycles. The number of hydrogen-bond donors (Lipinski definition) is 0. The fourth-order valence-corrected chi connectivity index (χ4v) is 3.88. The Bertz CT molecular complexity index is 601. The largest absolute Gasteiger partial charge is 0.328 e. The van der Waals surface area contributed by atoms with Gasteiger partial charge in [0.15, 0.2) is 0 Å². The van der Waals surface area contributed by atoms with Crippen molar-refractivity contribution >= 4 is 34.7 Å². The summed E-state index contributed by atoms with van der Waals surface area (Å²) in [6, 6.07) is 8.33. The fraction of sp³-hybridized carbons (Fsp3) is 0.143. The van der Waals surface area contributed by atoms with Crippen LogP contribution in [0.5, 0.6) is 0 Å². The number of hydrogen-bond acceptors (Lipinski definition) is 4. The number of rotatable bonds is 5. The lowest BCUT2D eigenvalue weighted by Crippen LogP contribution is -2.10. The quantitative estimate of drug-likeness (QED) is 0.654. The van der Waals surface area contributed by atoms with E-state index in [4.69, 9.17) is 11.6 Å². The topological polar surface area (TPSA) is 30.7 Å². The second-order valence-corrected chi connectivity index (χ2v) is 6.62. The fourth-order valence-electron chi connectivity index (χ4n) is 1.86. The summed E-state index contributed by atoms with van der Waals surface area (Å²) in [5.74, 6) is 0.908. The van der Waals surface area contributed by atoms with Crippen LogP contribution in [0.2, 0.25) is 5.02 Å². The third-order valence-electron chi connectivity index (χ3n) is 2.85. The van der Waals surface area contributed by atoms with Gasteiger partial charge >= 0.3 is 0 Å². The zero-order valence-electron chi connectivity index (χ0n) is 10.5. The van der Waals surface area contributed by atoms with Crippen molar-refractivity contribution in [2.75, 3.05) is 5.75 Å². The second-order valence-electron chi connectivity index (χ2n) is 4.17. The minimum absolute atomic E-state index is 0.278. The molecule has 0 amide bonds. The molecule has 0 aliphatic heterocycles. The van der Waals surface area contributed by atoms with E-state index < -0.39 is 0 Å². The van der Waals surface area contributed by atoms with Crippen molar-refractivity contribution in [1.29, 1.82) is 0 Å². The van der Waals surface area contributed by atoms with Crippen LogP contribution >= 0.6 is 34.7 Å². The lowest BCUT2D eigenvalue weighted by atomic mass is 10.3. The molecule has 1 atom stereocenters. The summed E-state index contributed by atoms with van der Waals surface area (Å²) in [6.45, 7) is 0. The van der Waals surface area contributed by atoms with Crippen molar-refractivity contribution in [3.63, 3.8) is 0 Å². The summed E-state index contributed by atoms with van der Waals surface area (Å²) in [5.41, 5.74) is 0. The van der Waals surface area contributed by atoms with Crippen molar-refractivity contribution in [3.05, 3.63) is 64.5 Å². The Hall–Kier alpha value is -1.30. The van der Waals surface area contributed by atoms with Gasteiger partial charge in [-0.25, -0.2) is 9.97 Å². The van der Waals surface area contributed by atoms with E-state index in [0.717, 1.165) is 10.8 Å². The summed E-state index contributed by atoms with van der Waals surface area (Å²) < 4.78 is 2.13. The minimum atomic E-state index is 0.278. The highest BCUT2D eigenvalue weighted by Crippen LogP contribution is 2.29. The summed E-state index contributed by atoms with van der Waals surface area (Å²) in [4.78, 5) is 9.79. The molecule has 3 aromatic rings. The number of thioether (sulfide) groups is 1. The lowest BCUT2D eigenvalue weighted by molar-refractivity contribution is 0.658. The molecule has 3 heterocycles. The normalized spacial score (nSPS) is 12.4. The van der Waals surface area contributed by atoms with E-state index in [1.54, 1.807) is 29.3 Å². The average molecular weight is 322 g/mol. The number of aromatic nitrogens is 3. The summed E-state index contributed by atoms with van der Waals surface area (Å²) in [6.07, 6.45) is 7.35. The first-order valence-corrected chi connectivity index (χ1v) is 8.32. The number of thiophene rings is 1. The standard InChI is InChI=1S/C14H12ClN3S2/c15-11-3-4-14(17-8-11)20-9-12(13-2-1-7-19-13)18-6-5-16-10-18/h1-8,10,12H,9H2. The van der Waals surface area contributed by atoms with E-state index in [1.165, 1.54) is 4.88 Å². The molecule has 0 aliphatic carbocycles. The highest BCUT2D eigenvalue weighted by atomic mass is 35.5. The Morgan fingerprint density at radius 3 is 2.95 bits per heavy atom. The average Bonchev–Trinajstić information content (AvgIpc) is 3.14. The predicted molar refractivity (Wildman–Crippen MR) is 84.7 cm³/mol. The van der Waals surface area contributed by atoms with Crippen molar-refractivity contribution in [1.82, 2.24) is 14.5 Å². The number of imidazole rings is 1. The van der Waals surface area contributed by atoms with E-state index in [9.17, 15) is 0 Å². The molecule has 3 aromatic heterocycles. The Morgan fingerprint density at radius 1 is 1.35 bits per heavy atom. The van der Waals surface area contributed by atoms with Gasteiger partial charge in [0, 0.05) is 29.2 Å². The molecule has 0 aromatic carbocycles. The van der Waals surface area contributed by atoms with Crippen LogP contribution in [0.4, 0.5) is 0 Å². The highest BCUT2D eigenvalue weighted by molar-refractivity contribution is 7.99. The molecule has 0 saturated heterocycles. The summed E-state index contributed by atoms with van der Waals surface area (Å²) >= 11 is 9.34. The Balaban J connectivity index is 1.76. The molecule has 0 bridgehead atoms. The first-order valence-electron chi connectivity index (χ1n) is 6.08. The summed E-state index contributed by atoms with van der Waals surface area (Å²) in [7, 11) is 0. The van der Waals surface area contributed by atoms with Crippen LogP contribution in [-0.2, 0) is 0 Å². The summed E-state index contributed by atoms with van der Waals surface area (Å²) in [5, 5.41) is 3.75. The minimum Gasteiger partial charge on any atom is -0.328 e. The van der Waals surface area contributed by atoms with Crippen molar-refractivity contribution < 1.29 is 0 Å². The van der Waals surface area contributed by atoms with Gasteiger partial charge in [-0.3, -0.25) is 0 Å². The molecule has 0 aliphatic rings. The molecule has 0 fully saturated rings. The molecule has 102 valence electrons. The maximum absolute atomic E-state index is 5.85. The van der Waals surface area contributed by atoms with Crippen LogP contribution in [0.15, 0.2) is 59.6 Å². The lowest BCUT2D eigenvalue weighted by Gasteiger charge is -2.16. The van der Waals surface area contributed by atoms with E-state index in [2.05, 4.69) is 32.0 Å². The van der Waals surface area contributed by atoms with E-state index in [-0.39, 0.29) is 6.04 Å². The Kier molecular flexibility index (Phi) is 4.40. The number of nitrogens with zero attached hydrogens (tertiary/aromatic N) is 3. The molecule has 0 radical (unpaired) electrons. The van der Waals surface area contributed by atoms with E-state index in [1.807, 2.05) is 30.9 Å². The molecular formula is C14H12ClN3S2. The Labute approximate surface area is 130 Å². The van der Waals surface area contributed by atoms with Crippen LogP contribution in [-0.4, -0.2) is 20.3 Å². The van der Waals surface area contributed by atoms with Gasteiger partial charge in [0.05, 0.1) is 22.4 Å². The zero-order valence-corrected chi connectivity index (χ0v) is 12.9. The molecule has 20 heavy (non-hydrogen) atoms. The van der Waals surface area contributed by atoms with Crippen molar-refractivity contribution in [2.45, 2.75) is 11.1 Å². The SMILES string of the molecule is Clc1ccc(SCC(c2cccs2)n2ccnc2)nc1.